The molecular weight excluding hydrogens is 501 g/mol. The van der Waals surface area contributed by atoms with Crippen LogP contribution < -0.4 is 0 Å². The van der Waals surface area contributed by atoms with Crippen molar-refractivity contribution in [1.82, 2.24) is 9.97 Å². The molecule has 3 heteroatoms. The molecule has 0 aliphatic carbocycles. The molecule has 0 N–H and O–H groups in total. The highest BCUT2D eigenvalue weighted by Crippen LogP contribution is 2.20. The summed E-state index contributed by atoms with van der Waals surface area (Å²) >= 11 is 0. The van der Waals surface area contributed by atoms with Gasteiger partial charge in [0.05, 0.1) is 11.4 Å². The van der Waals surface area contributed by atoms with Crippen molar-refractivity contribution < 1.29 is 11.0 Å². The number of pyridine rings is 2. The van der Waals surface area contributed by atoms with Crippen molar-refractivity contribution in [2.45, 2.75) is 45.1 Å². The third-order valence-corrected chi connectivity index (χ3v) is 6.76. The van der Waals surface area contributed by atoms with Crippen molar-refractivity contribution in [2.24, 2.45) is 0 Å². The topological polar surface area (TPSA) is 25.8 Å². The highest BCUT2D eigenvalue weighted by Gasteiger charge is 2.09. The van der Waals surface area contributed by atoms with E-state index in [9.17, 15) is 0 Å². The summed E-state index contributed by atoms with van der Waals surface area (Å²) in [7, 11) is -1.93. The molecule has 198 valence electrons. The fourth-order valence-electron chi connectivity index (χ4n) is 3.89. The molecule has 0 saturated heterocycles. The van der Waals surface area contributed by atoms with E-state index >= 15 is 0 Å². The van der Waals surface area contributed by atoms with E-state index in [1.165, 1.54) is 42.7 Å². The monoisotopic (exact) mass is 544 g/mol. The molecule has 5 aromatic rings. The summed E-state index contributed by atoms with van der Waals surface area (Å²) in [5.74, 6) is 3.05. The standard InChI is InChI=1S/C37H36N2Si/c1-40(2,3)23-22-33-25-31(16-14-29-18-20-36(38-27-29)34-10-6-4-7-11-34)24-32(26-33)17-15-30-19-21-37(39-28-30)35-12-8-5-9-13-35/h4-13,18-21,24-28H,14-17H2,1-3H3/i14D2,15D2,16D2,17D2. The van der Waals surface area contributed by atoms with Crippen LogP contribution in [0.15, 0.2) is 116 Å². The molecule has 0 amide bonds. The highest BCUT2D eigenvalue weighted by molar-refractivity contribution is 6.83. The molecule has 0 saturated carbocycles. The van der Waals surface area contributed by atoms with E-state index in [4.69, 9.17) is 11.0 Å². The molecule has 2 aromatic heterocycles. The smallest absolute Gasteiger partial charge is 0.129 e. The summed E-state index contributed by atoms with van der Waals surface area (Å²) in [6.45, 7) is 6.12. The first-order chi connectivity index (χ1) is 22.4. The minimum atomic E-state index is -2.68. The van der Waals surface area contributed by atoms with E-state index in [0.717, 1.165) is 11.1 Å². The predicted molar refractivity (Wildman–Crippen MR) is 171 cm³/mol. The van der Waals surface area contributed by atoms with Gasteiger partial charge in [0.25, 0.3) is 0 Å². The summed E-state index contributed by atoms with van der Waals surface area (Å²) in [6, 6.07) is 29.1. The molecule has 0 aliphatic heterocycles. The molecule has 0 radical (unpaired) electrons. The van der Waals surface area contributed by atoms with E-state index in [1.807, 2.05) is 80.3 Å². The molecular formula is C37H36N2Si. The van der Waals surface area contributed by atoms with Crippen molar-refractivity contribution in [3.8, 4) is 34.0 Å². The van der Waals surface area contributed by atoms with E-state index in [2.05, 4.69) is 21.4 Å². The lowest BCUT2D eigenvalue weighted by Gasteiger charge is -2.10. The molecule has 0 fully saturated rings. The summed E-state index contributed by atoms with van der Waals surface area (Å²) in [4.78, 5) is 8.81. The Bertz CT molecular complexity index is 1820. The minimum absolute atomic E-state index is 0.00948. The average Bonchev–Trinajstić information content (AvgIpc) is 3.07. The van der Waals surface area contributed by atoms with Crippen molar-refractivity contribution >= 4 is 8.07 Å². The third-order valence-electron chi connectivity index (χ3n) is 5.88. The normalized spacial score (nSPS) is 15.5. The number of benzene rings is 3. The van der Waals surface area contributed by atoms with Crippen molar-refractivity contribution in [3.05, 3.63) is 143 Å². The van der Waals surface area contributed by atoms with Crippen LogP contribution in [-0.2, 0) is 25.5 Å². The lowest BCUT2D eigenvalue weighted by Crippen LogP contribution is -2.16. The van der Waals surface area contributed by atoms with Crippen LogP contribution in [0.1, 0.15) is 38.8 Å². The van der Waals surface area contributed by atoms with Gasteiger partial charge in [-0.1, -0.05) is 104 Å². The van der Waals surface area contributed by atoms with E-state index in [0.29, 0.717) is 11.4 Å². The van der Waals surface area contributed by atoms with Crippen LogP contribution >= 0.6 is 0 Å². The molecule has 0 bridgehead atoms. The Hall–Kier alpha value is -4.26. The van der Waals surface area contributed by atoms with E-state index < -0.39 is 33.6 Å². The number of nitrogens with zero attached hydrogens (tertiary/aromatic N) is 2. The maximum Gasteiger partial charge on any atom is 0.129 e. The summed E-state index contributed by atoms with van der Waals surface area (Å²) in [5.41, 5.74) is 6.10. The van der Waals surface area contributed by atoms with Gasteiger partial charge < -0.3 is 0 Å². The fraction of sp³-hybridized carbons (Fsp3) is 0.189. The Labute approximate surface area is 251 Å². The molecule has 2 nitrogen and oxygen atoms in total. The zero-order chi connectivity index (χ0) is 35.0. The average molecular weight is 545 g/mol. The van der Waals surface area contributed by atoms with Gasteiger partial charge in [0.15, 0.2) is 0 Å². The Morgan fingerprint density at radius 3 is 1.43 bits per heavy atom. The maximum atomic E-state index is 9.10. The molecule has 0 aliphatic rings. The second-order valence-electron chi connectivity index (χ2n) is 10.4. The molecule has 2 heterocycles. The Morgan fingerprint density at radius 2 is 1.02 bits per heavy atom. The molecule has 3 aromatic carbocycles. The zero-order valence-corrected chi connectivity index (χ0v) is 23.9. The van der Waals surface area contributed by atoms with Gasteiger partial charge >= 0.3 is 0 Å². The van der Waals surface area contributed by atoms with Crippen LogP contribution in [0.25, 0.3) is 22.5 Å². The highest BCUT2D eigenvalue weighted by atomic mass is 28.3. The van der Waals surface area contributed by atoms with Crippen LogP contribution in [0.3, 0.4) is 0 Å². The van der Waals surface area contributed by atoms with Gasteiger partial charge in [0.2, 0.25) is 0 Å². The van der Waals surface area contributed by atoms with Crippen LogP contribution in [0.2, 0.25) is 19.6 Å². The minimum Gasteiger partial charge on any atom is -0.256 e. The van der Waals surface area contributed by atoms with Gasteiger partial charge in [-0.25, -0.2) is 0 Å². The van der Waals surface area contributed by atoms with Gasteiger partial charge in [-0.15, -0.1) is 5.54 Å². The van der Waals surface area contributed by atoms with Crippen molar-refractivity contribution in [1.29, 1.82) is 0 Å². The van der Waals surface area contributed by atoms with E-state index in [-0.39, 0.29) is 27.8 Å². The van der Waals surface area contributed by atoms with Gasteiger partial charge in [-0.2, -0.15) is 0 Å². The van der Waals surface area contributed by atoms with Crippen LogP contribution in [0.4, 0.5) is 0 Å². The number of rotatable bonds is 8. The SMILES string of the molecule is [2H]C([2H])(c1ccc(-c2ccccc2)nc1)C([2H])([2H])c1cc(C#C[Si](C)(C)C)cc(C([2H])([2H])C([2H])([2H])c2ccc(-c3ccccc3)nc2)c1. The first kappa shape index (κ1) is 18.9. The summed E-state index contributed by atoms with van der Waals surface area (Å²) in [5, 5.41) is 0. The second-order valence-corrected chi connectivity index (χ2v) is 15.1. The zero-order valence-electron chi connectivity index (χ0n) is 30.9. The largest absolute Gasteiger partial charge is 0.256 e. The van der Waals surface area contributed by atoms with Gasteiger partial charge in [0, 0.05) is 40.1 Å². The number of hydrogen-bond donors (Lipinski definition) is 0. The first-order valence-electron chi connectivity index (χ1n) is 17.2. The lowest BCUT2D eigenvalue weighted by atomic mass is 9.97. The lowest BCUT2D eigenvalue weighted by molar-refractivity contribution is 0.922. The van der Waals surface area contributed by atoms with Crippen molar-refractivity contribution in [3.63, 3.8) is 0 Å². The second kappa shape index (κ2) is 12.7. The van der Waals surface area contributed by atoms with Gasteiger partial charge in [-0.05, 0) is 72.0 Å². The van der Waals surface area contributed by atoms with Gasteiger partial charge in [-0.3, -0.25) is 9.97 Å². The maximum absolute atomic E-state index is 9.10. The Kier molecular flexibility index (Phi) is 6.02. The Balaban J connectivity index is 1.57. The quantitative estimate of drug-likeness (QED) is 0.144. The summed E-state index contributed by atoms with van der Waals surface area (Å²) in [6.07, 6.45) is -7.92. The fourth-order valence-corrected chi connectivity index (χ4v) is 4.41. The van der Waals surface area contributed by atoms with Gasteiger partial charge in [0.1, 0.15) is 8.07 Å². The molecule has 40 heavy (non-hydrogen) atoms. The van der Waals surface area contributed by atoms with Crippen molar-refractivity contribution in [2.75, 3.05) is 0 Å². The molecule has 5 rings (SSSR count). The summed E-state index contributed by atoms with van der Waals surface area (Å²) < 4.78 is 72.3. The van der Waals surface area contributed by atoms with E-state index in [1.54, 1.807) is 12.1 Å². The molecule has 0 unspecified atom stereocenters. The van der Waals surface area contributed by atoms with Crippen LogP contribution in [0.5, 0.6) is 0 Å². The molecule has 0 spiro atoms. The molecule has 0 atom stereocenters. The Morgan fingerprint density at radius 1 is 0.575 bits per heavy atom. The first-order valence-corrected chi connectivity index (χ1v) is 16.7. The third kappa shape index (κ3) is 7.88. The number of hydrogen-bond acceptors (Lipinski definition) is 2. The van der Waals surface area contributed by atoms with Crippen LogP contribution in [-0.4, -0.2) is 18.0 Å². The number of aryl methyl sites for hydroxylation is 4. The van der Waals surface area contributed by atoms with Crippen LogP contribution in [0, 0.1) is 11.5 Å². The predicted octanol–water partition coefficient (Wildman–Crippen LogP) is 8.61. The number of aromatic nitrogens is 2.